The number of carbonyl (C=O) groups is 1. The van der Waals surface area contributed by atoms with Crippen LogP contribution < -0.4 is 15.6 Å². The van der Waals surface area contributed by atoms with Gasteiger partial charge in [-0.2, -0.15) is 5.10 Å². The molecule has 0 radical (unpaired) electrons. The number of nitrogens with one attached hydrogen (secondary N) is 1. The van der Waals surface area contributed by atoms with Crippen molar-refractivity contribution in [3.05, 3.63) is 70.0 Å². The van der Waals surface area contributed by atoms with E-state index >= 15 is 0 Å². The molecular weight excluding hydrogens is 403 g/mol. The maximum Gasteiger partial charge on any atom is 0.297 e. The Hall–Kier alpha value is -4.01. The van der Waals surface area contributed by atoms with E-state index in [0.29, 0.717) is 33.7 Å². The zero-order valence-corrected chi connectivity index (χ0v) is 17.1. The maximum atomic E-state index is 13.7. The van der Waals surface area contributed by atoms with Crippen LogP contribution in [0.25, 0.3) is 22.2 Å². The maximum absolute atomic E-state index is 13.7. The molecule has 8 nitrogen and oxygen atoms in total. The van der Waals surface area contributed by atoms with Gasteiger partial charge in [-0.05, 0) is 55.8 Å². The fourth-order valence-electron chi connectivity index (χ4n) is 3.20. The fourth-order valence-corrected chi connectivity index (χ4v) is 3.20. The minimum Gasteiger partial charge on any atom is -0.497 e. The molecule has 0 aliphatic carbocycles. The Morgan fingerprint density at radius 3 is 2.61 bits per heavy atom. The van der Waals surface area contributed by atoms with Gasteiger partial charge in [-0.15, -0.1) is 0 Å². The molecule has 0 saturated carbocycles. The van der Waals surface area contributed by atoms with Crippen molar-refractivity contribution in [3.8, 4) is 17.0 Å². The van der Waals surface area contributed by atoms with Crippen molar-refractivity contribution < 1.29 is 18.4 Å². The van der Waals surface area contributed by atoms with E-state index in [4.69, 9.17) is 9.26 Å². The summed E-state index contributed by atoms with van der Waals surface area (Å²) in [6, 6.07) is 11.5. The minimum atomic E-state index is -0.561. The fraction of sp³-hybridized carbons (Fsp3) is 0.182. The van der Waals surface area contributed by atoms with E-state index in [1.54, 1.807) is 57.4 Å². The number of rotatable bonds is 5. The molecule has 0 atom stereocenters. The molecule has 0 spiro atoms. The summed E-state index contributed by atoms with van der Waals surface area (Å²) in [4.78, 5) is 25.3. The van der Waals surface area contributed by atoms with Crippen molar-refractivity contribution in [1.29, 1.82) is 0 Å². The molecule has 4 aromatic rings. The Balaban J connectivity index is 1.72. The summed E-state index contributed by atoms with van der Waals surface area (Å²) < 4.78 is 25.2. The second-order valence-electron chi connectivity index (χ2n) is 7.01. The van der Waals surface area contributed by atoms with E-state index < -0.39 is 17.3 Å². The molecule has 0 saturated heterocycles. The molecule has 31 heavy (non-hydrogen) atoms. The Labute approximate surface area is 176 Å². The summed E-state index contributed by atoms with van der Waals surface area (Å²) >= 11 is 0. The number of aromatic nitrogens is 3. The Kier molecular flexibility index (Phi) is 5.24. The number of hydrogen-bond donors (Lipinski definition) is 1. The third-order valence-corrected chi connectivity index (χ3v) is 4.87. The molecular formula is C22H19FN4O4. The highest BCUT2D eigenvalue weighted by atomic mass is 19.1. The second-order valence-corrected chi connectivity index (χ2v) is 7.01. The van der Waals surface area contributed by atoms with Crippen molar-refractivity contribution >= 4 is 22.5 Å². The van der Waals surface area contributed by atoms with E-state index in [1.807, 2.05) is 0 Å². The first kappa shape index (κ1) is 20.3. The normalized spacial score (nSPS) is 11.0. The molecule has 158 valence electrons. The predicted octanol–water partition coefficient (Wildman–Crippen LogP) is 3.45. The first-order valence-electron chi connectivity index (χ1n) is 9.45. The molecule has 4 rings (SSSR count). The zero-order chi connectivity index (χ0) is 22.1. The molecule has 2 heterocycles. The van der Waals surface area contributed by atoms with Gasteiger partial charge in [0.2, 0.25) is 5.91 Å². The van der Waals surface area contributed by atoms with Crippen LogP contribution >= 0.6 is 0 Å². The highest BCUT2D eigenvalue weighted by Crippen LogP contribution is 2.28. The van der Waals surface area contributed by atoms with Crippen LogP contribution in [0.5, 0.6) is 5.75 Å². The lowest BCUT2D eigenvalue weighted by Gasteiger charge is -2.10. The van der Waals surface area contributed by atoms with E-state index in [-0.39, 0.29) is 17.7 Å². The summed E-state index contributed by atoms with van der Waals surface area (Å²) in [5, 5.41) is 11.3. The Morgan fingerprint density at radius 2 is 1.94 bits per heavy atom. The lowest BCUT2D eigenvalue weighted by Crippen LogP contribution is -2.30. The van der Waals surface area contributed by atoms with Crippen molar-refractivity contribution in [1.82, 2.24) is 14.9 Å². The van der Waals surface area contributed by atoms with Gasteiger partial charge in [-0.1, -0.05) is 11.2 Å². The average Bonchev–Trinajstić information content (AvgIpc) is 3.15. The van der Waals surface area contributed by atoms with Crippen LogP contribution in [0.2, 0.25) is 0 Å². The number of carbonyl (C=O) groups excluding carboxylic acids is 1. The first-order chi connectivity index (χ1) is 14.9. The summed E-state index contributed by atoms with van der Waals surface area (Å²) in [5.74, 6) is 0.143. The number of fused-ring (bicyclic) bond motifs is 1. The molecule has 1 N–H and O–H groups in total. The summed E-state index contributed by atoms with van der Waals surface area (Å²) in [6.45, 7) is 2.94. The molecule has 2 aromatic heterocycles. The van der Waals surface area contributed by atoms with E-state index in [0.717, 1.165) is 4.68 Å². The zero-order valence-electron chi connectivity index (χ0n) is 17.1. The number of benzene rings is 2. The standard InChI is InChI=1S/C22H19FN4O4/c1-12-4-7-15(10-17(12)23)24-18(28)11-27-22(29)21-19(13(2)31-26-21)20(25-27)14-5-8-16(30-3)9-6-14/h4-10H,11H2,1-3H3,(H,24,28). The van der Waals surface area contributed by atoms with E-state index in [1.165, 1.54) is 6.07 Å². The van der Waals surface area contributed by atoms with Crippen molar-refractivity contribution in [2.75, 3.05) is 12.4 Å². The van der Waals surface area contributed by atoms with Gasteiger partial charge in [-0.25, -0.2) is 9.07 Å². The number of hydrogen-bond acceptors (Lipinski definition) is 6. The van der Waals surface area contributed by atoms with Crippen LogP contribution in [-0.4, -0.2) is 28.0 Å². The molecule has 9 heteroatoms. The third-order valence-electron chi connectivity index (χ3n) is 4.87. The Bertz CT molecular complexity index is 1340. The van der Waals surface area contributed by atoms with E-state index in [2.05, 4.69) is 15.6 Å². The van der Waals surface area contributed by atoms with Crippen LogP contribution in [0.15, 0.2) is 51.8 Å². The SMILES string of the molecule is COc1ccc(-c2nn(CC(=O)Nc3ccc(C)c(F)c3)c(=O)c3noc(C)c23)cc1. The van der Waals surface area contributed by atoms with Gasteiger partial charge >= 0.3 is 0 Å². The van der Waals surface area contributed by atoms with Gasteiger partial charge in [0.1, 0.15) is 29.6 Å². The molecule has 0 fully saturated rings. The van der Waals surface area contributed by atoms with Crippen molar-refractivity contribution in [2.45, 2.75) is 20.4 Å². The highest BCUT2D eigenvalue weighted by molar-refractivity contribution is 5.94. The number of nitrogens with zero attached hydrogens (tertiary/aromatic N) is 3. The highest BCUT2D eigenvalue weighted by Gasteiger charge is 2.20. The monoisotopic (exact) mass is 422 g/mol. The molecule has 0 aliphatic rings. The van der Waals surface area contributed by atoms with Gasteiger partial charge in [-0.3, -0.25) is 9.59 Å². The average molecular weight is 422 g/mol. The van der Waals surface area contributed by atoms with Gasteiger partial charge in [0.25, 0.3) is 5.56 Å². The van der Waals surface area contributed by atoms with Crippen LogP contribution in [0, 0.1) is 19.7 Å². The number of ether oxygens (including phenoxy) is 1. The first-order valence-corrected chi connectivity index (χ1v) is 9.45. The van der Waals surface area contributed by atoms with Crippen LogP contribution in [0.3, 0.4) is 0 Å². The van der Waals surface area contributed by atoms with Gasteiger partial charge < -0.3 is 14.6 Å². The quantitative estimate of drug-likeness (QED) is 0.529. The van der Waals surface area contributed by atoms with Crippen molar-refractivity contribution in [2.24, 2.45) is 0 Å². The number of aryl methyl sites for hydroxylation is 2. The molecule has 2 aromatic carbocycles. The molecule has 0 bridgehead atoms. The summed E-state index contributed by atoms with van der Waals surface area (Å²) in [7, 11) is 1.56. The second kappa shape index (κ2) is 8.02. The van der Waals surface area contributed by atoms with E-state index in [9.17, 15) is 14.0 Å². The summed E-state index contributed by atoms with van der Waals surface area (Å²) in [5.41, 5.74) is 1.42. The number of anilines is 1. The van der Waals surface area contributed by atoms with Gasteiger partial charge in [0.05, 0.1) is 12.5 Å². The summed E-state index contributed by atoms with van der Waals surface area (Å²) in [6.07, 6.45) is 0. The lowest BCUT2D eigenvalue weighted by molar-refractivity contribution is -0.117. The lowest BCUT2D eigenvalue weighted by atomic mass is 10.1. The minimum absolute atomic E-state index is 0.0764. The topological polar surface area (TPSA) is 99.2 Å². The van der Waals surface area contributed by atoms with Crippen molar-refractivity contribution in [3.63, 3.8) is 0 Å². The predicted molar refractivity (Wildman–Crippen MR) is 113 cm³/mol. The van der Waals surface area contributed by atoms with Crippen LogP contribution in [-0.2, 0) is 11.3 Å². The largest absolute Gasteiger partial charge is 0.497 e. The van der Waals surface area contributed by atoms with Gasteiger partial charge in [0, 0.05) is 11.3 Å². The molecule has 0 aliphatic heterocycles. The number of halogens is 1. The third kappa shape index (κ3) is 3.89. The van der Waals surface area contributed by atoms with Crippen LogP contribution in [0.4, 0.5) is 10.1 Å². The van der Waals surface area contributed by atoms with Gasteiger partial charge in [0.15, 0.2) is 5.52 Å². The molecule has 0 unspecified atom stereocenters. The molecule has 1 amide bonds. The smallest absolute Gasteiger partial charge is 0.297 e. The number of methoxy groups -OCH3 is 1. The van der Waals surface area contributed by atoms with Crippen LogP contribution in [0.1, 0.15) is 11.3 Å². The Morgan fingerprint density at radius 1 is 1.19 bits per heavy atom. The number of amides is 1.